The van der Waals surface area contributed by atoms with Crippen molar-refractivity contribution >= 4 is 33.5 Å². The summed E-state index contributed by atoms with van der Waals surface area (Å²) in [6.45, 7) is 4.86. The first kappa shape index (κ1) is 23.9. The summed E-state index contributed by atoms with van der Waals surface area (Å²) in [4.78, 5) is 31.6. The molecule has 2 aromatic heterocycles. The van der Waals surface area contributed by atoms with Gasteiger partial charge >= 0.3 is 11.6 Å². The Morgan fingerprint density at radius 2 is 1.86 bits per heavy atom. The van der Waals surface area contributed by atoms with Gasteiger partial charge < -0.3 is 23.8 Å². The number of fused-ring (bicyclic) bond motifs is 2. The van der Waals surface area contributed by atoms with E-state index >= 15 is 0 Å². The van der Waals surface area contributed by atoms with Gasteiger partial charge in [0.1, 0.15) is 11.3 Å². The number of carbonyl (C=O) groups excluding carboxylic acids is 1. The van der Waals surface area contributed by atoms with Gasteiger partial charge in [0.15, 0.2) is 0 Å². The van der Waals surface area contributed by atoms with Crippen LogP contribution in [-0.2, 0) is 11.2 Å². The molecule has 1 saturated heterocycles. The number of nitrogens with zero attached hydrogens (tertiary/aromatic N) is 2. The lowest BCUT2D eigenvalue weighted by Gasteiger charge is -2.36. The Kier molecular flexibility index (Phi) is 6.95. The highest BCUT2D eigenvalue weighted by atomic mass is 16.5. The Morgan fingerprint density at radius 3 is 2.64 bits per heavy atom. The van der Waals surface area contributed by atoms with Gasteiger partial charge in [-0.2, -0.15) is 0 Å². The average molecular weight is 490 g/mol. The van der Waals surface area contributed by atoms with Crippen LogP contribution in [0.5, 0.6) is 5.75 Å². The van der Waals surface area contributed by atoms with E-state index in [1.807, 2.05) is 24.4 Å². The van der Waals surface area contributed by atoms with Crippen LogP contribution in [0.3, 0.4) is 0 Å². The van der Waals surface area contributed by atoms with E-state index in [1.54, 1.807) is 25.3 Å². The van der Waals surface area contributed by atoms with Crippen LogP contribution in [0.15, 0.2) is 57.9 Å². The number of aromatic amines is 1. The number of hydrogen-bond acceptors (Lipinski definition) is 7. The van der Waals surface area contributed by atoms with E-state index in [-0.39, 0.29) is 11.6 Å². The number of hydrogen-bond donors (Lipinski definition) is 1. The summed E-state index contributed by atoms with van der Waals surface area (Å²) in [5.74, 6) is 0.412. The van der Waals surface area contributed by atoms with E-state index in [9.17, 15) is 9.59 Å². The number of carbonyl (C=O) groups is 1. The van der Waals surface area contributed by atoms with Crippen LogP contribution in [0.25, 0.3) is 21.9 Å². The highest BCUT2D eigenvalue weighted by Gasteiger charge is 2.20. The predicted octanol–water partition coefficient (Wildman–Crippen LogP) is 4.21. The van der Waals surface area contributed by atoms with Crippen LogP contribution in [-0.4, -0.2) is 62.8 Å². The van der Waals surface area contributed by atoms with Crippen LogP contribution in [0.4, 0.5) is 5.69 Å². The van der Waals surface area contributed by atoms with Crippen molar-refractivity contribution in [2.75, 3.05) is 51.8 Å². The molecule has 4 aromatic rings. The fourth-order valence-corrected chi connectivity index (χ4v) is 4.99. The third-order valence-corrected chi connectivity index (χ3v) is 6.99. The number of nitrogens with one attached hydrogen (secondary N) is 1. The standard InChI is InChI=1S/C28H31N3O5/c1-34-26-17-25-19(7-9-27(32)36-25)16-24(26)31-13-11-30(12-14-31)10-4-3-5-21-18-29-23-8-6-20(15-22(21)23)28(33)35-2/h6-9,15-18,29H,3-5,10-14H2,1-2H3. The minimum Gasteiger partial charge on any atom is -0.494 e. The zero-order valence-electron chi connectivity index (χ0n) is 20.7. The normalized spacial score (nSPS) is 14.4. The second kappa shape index (κ2) is 10.5. The molecular weight excluding hydrogens is 458 g/mol. The lowest BCUT2D eigenvalue weighted by Crippen LogP contribution is -2.46. The Bertz CT molecular complexity index is 1430. The molecule has 1 N–H and O–H groups in total. The number of ether oxygens (including phenoxy) is 2. The third-order valence-electron chi connectivity index (χ3n) is 6.99. The van der Waals surface area contributed by atoms with Gasteiger partial charge in [-0.05, 0) is 61.7 Å². The molecule has 0 bridgehead atoms. The first-order valence-corrected chi connectivity index (χ1v) is 12.3. The fourth-order valence-electron chi connectivity index (χ4n) is 4.99. The smallest absolute Gasteiger partial charge is 0.337 e. The molecule has 1 aliphatic rings. The summed E-state index contributed by atoms with van der Waals surface area (Å²) in [5, 5.41) is 1.99. The number of piperazine rings is 1. The third kappa shape index (κ3) is 4.95. The molecule has 0 spiro atoms. The highest BCUT2D eigenvalue weighted by Crippen LogP contribution is 2.33. The van der Waals surface area contributed by atoms with Crippen molar-refractivity contribution in [2.24, 2.45) is 0 Å². The van der Waals surface area contributed by atoms with Crippen LogP contribution in [0.2, 0.25) is 0 Å². The van der Waals surface area contributed by atoms with Crippen LogP contribution in [0, 0.1) is 0 Å². The second-order valence-corrected chi connectivity index (χ2v) is 9.17. The van der Waals surface area contributed by atoms with Crippen molar-refractivity contribution in [1.82, 2.24) is 9.88 Å². The molecule has 0 radical (unpaired) electrons. The van der Waals surface area contributed by atoms with Crippen molar-refractivity contribution in [3.8, 4) is 5.75 Å². The Labute approximate surface area is 209 Å². The van der Waals surface area contributed by atoms with E-state index < -0.39 is 0 Å². The number of esters is 1. The average Bonchev–Trinajstić information content (AvgIpc) is 3.32. The fraction of sp³-hybridized carbons (Fsp3) is 0.357. The number of anilines is 1. The molecule has 3 heterocycles. The number of unbranched alkanes of at least 4 members (excludes halogenated alkanes) is 1. The van der Waals surface area contributed by atoms with Crippen molar-refractivity contribution in [3.05, 3.63) is 70.2 Å². The van der Waals surface area contributed by atoms with E-state index in [2.05, 4.69) is 14.8 Å². The summed E-state index contributed by atoms with van der Waals surface area (Å²) in [6.07, 6.45) is 5.21. The zero-order chi connectivity index (χ0) is 25.1. The number of methoxy groups -OCH3 is 2. The summed E-state index contributed by atoms with van der Waals surface area (Å²) in [6, 6.07) is 12.7. The highest BCUT2D eigenvalue weighted by molar-refractivity contribution is 5.95. The van der Waals surface area contributed by atoms with Gasteiger partial charge in [0.25, 0.3) is 0 Å². The lowest BCUT2D eigenvalue weighted by atomic mass is 10.0. The molecule has 8 nitrogen and oxygen atoms in total. The van der Waals surface area contributed by atoms with Gasteiger partial charge in [-0.15, -0.1) is 0 Å². The Morgan fingerprint density at radius 1 is 1.03 bits per heavy atom. The van der Waals surface area contributed by atoms with Gasteiger partial charge in [-0.25, -0.2) is 9.59 Å². The molecule has 1 aliphatic heterocycles. The van der Waals surface area contributed by atoms with E-state index in [4.69, 9.17) is 13.9 Å². The van der Waals surface area contributed by atoms with Crippen LogP contribution < -0.4 is 15.3 Å². The lowest BCUT2D eigenvalue weighted by molar-refractivity contribution is 0.0601. The quantitative estimate of drug-likeness (QED) is 0.225. The minimum absolute atomic E-state index is 0.309. The monoisotopic (exact) mass is 489 g/mol. The number of rotatable bonds is 8. The number of benzene rings is 2. The summed E-state index contributed by atoms with van der Waals surface area (Å²) in [5.41, 5.74) is 4.07. The van der Waals surface area contributed by atoms with Crippen molar-refractivity contribution in [3.63, 3.8) is 0 Å². The topological polar surface area (TPSA) is 88.0 Å². The molecule has 1 fully saturated rings. The molecular formula is C28H31N3O5. The second-order valence-electron chi connectivity index (χ2n) is 9.17. The largest absolute Gasteiger partial charge is 0.494 e. The van der Waals surface area contributed by atoms with Gasteiger partial charge in [0, 0.05) is 60.8 Å². The predicted molar refractivity (Wildman–Crippen MR) is 140 cm³/mol. The van der Waals surface area contributed by atoms with Crippen molar-refractivity contribution in [1.29, 1.82) is 0 Å². The van der Waals surface area contributed by atoms with E-state index in [0.717, 1.165) is 79.7 Å². The first-order chi connectivity index (χ1) is 17.6. The maximum atomic E-state index is 11.9. The number of aromatic nitrogens is 1. The maximum absolute atomic E-state index is 11.9. The van der Waals surface area contributed by atoms with Gasteiger partial charge in [-0.1, -0.05) is 0 Å². The summed E-state index contributed by atoms with van der Waals surface area (Å²) >= 11 is 0. The van der Waals surface area contributed by atoms with Gasteiger partial charge in [0.2, 0.25) is 0 Å². The molecule has 0 saturated carbocycles. The van der Waals surface area contributed by atoms with E-state index in [0.29, 0.717) is 11.1 Å². The van der Waals surface area contributed by atoms with Gasteiger partial charge in [0.05, 0.1) is 25.5 Å². The molecule has 8 heteroatoms. The summed E-state index contributed by atoms with van der Waals surface area (Å²) < 4.78 is 15.8. The molecule has 0 atom stereocenters. The van der Waals surface area contributed by atoms with Crippen molar-refractivity contribution < 1.29 is 18.7 Å². The maximum Gasteiger partial charge on any atom is 0.337 e. The van der Waals surface area contributed by atoms with Crippen LogP contribution in [0.1, 0.15) is 28.8 Å². The number of H-pyrrole nitrogens is 1. The molecule has 0 aliphatic carbocycles. The van der Waals surface area contributed by atoms with Crippen LogP contribution >= 0.6 is 0 Å². The minimum atomic E-state index is -0.360. The zero-order valence-corrected chi connectivity index (χ0v) is 20.7. The molecule has 2 aromatic carbocycles. The molecule has 36 heavy (non-hydrogen) atoms. The van der Waals surface area contributed by atoms with E-state index in [1.165, 1.54) is 18.7 Å². The summed E-state index contributed by atoms with van der Waals surface area (Å²) in [7, 11) is 3.05. The first-order valence-electron chi connectivity index (χ1n) is 12.3. The Hall–Kier alpha value is -3.78. The SMILES string of the molecule is COC(=O)c1ccc2[nH]cc(CCCCN3CCN(c4cc5ccc(=O)oc5cc4OC)CC3)c2c1. The van der Waals surface area contributed by atoms with Gasteiger partial charge in [-0.3, -0.25) is 4.90 Å². The molecule has 0 unspecified atom stereocenters. The molecule has 5 rings (SSSR count). The Balaban J connectivity index is 1.14. The molecule has 188 valence electrons. The number of aryl methyl sites for hydroxylation is 1. The molecule has 0 amide bonds. The van der Waals surface area contributed by atoms with Crippen molar-refractivity contribution in [2.45, 2.75) is 19.3 Å².